The highest BCUT2D eigenvalue weighted by Gasteiger charge is 2.29. The van der Waals surface area contributed by atoms with Crippen LogP contribution in [0.15, 0.2) is 61.1 Å². The first-order valence-electron chi connectivity index (χ1n) is 12.0. The number of nitro benzene ring substituents is 1. The van der Waals surface area contributed by atoms with Gasteiger partial charge in [-0.15, -0.1) is 0 Å². The second kappa shape index (κ2) is 11.8. The third-order valence-electron chi connectivity index (χ3n) is 6.23. The number of rotatable bonds is 11. The normalized spacial score (nSPS) is 14.3. The Balaban J connectivity index is 1.14. The van der Waals surface area contributed by atoms with Gasteiger partial charge in [0.15, 0.2) is 0 Å². The Bertz CT molecular complexity index is 1430. The molecule has 0 saturated carbocycles. The number of halogens is 2. The van der Waals surface area contributed by atoms with Crippen LogP contribution in [0.25, 0.3) is 5.69 Å². The zero-order valence-corrected chi connectivity index (χ0v) is 21.7. The van der Waals surface area contributed by atoms with Gasteiger partial charge in [0.1, 0.15) is 29.7 Å². The molecule has 2 heterocycles. The fourth-order valence-electron chi connectivity index (χ4n) is 4.52. The Morgan fingerprint density at radius 2 is 1.95 bits per heavy atom. The van der Waals surface area contributed by atoms with Gasteiger partial charge in [0.05, 0.1) is 35.6 Å². The topological polar surface area (TPSA) is 117 Å². The summed E-state index contributed by atoms with van der Waals surface area (Å²) in [6.07, 6.45) is 4.94. The van der Waals surface area contributed by atoms with Gasteiger partial charge in [-0.05, 0) is 36.1 Å². The van der Waals surface area contributed by atoms with Crippen molar-refractivity contribution in [3.8, 4) is 11.4 Å². The van der Waals surface area contributed by atoms with Crippen molar-refractivity contribution in [2.45, 2.75) is 18.8 Å². The quantitative estimate of drug-likeness (QED) is 0.112. The van der Waals surface area contributed by atoms with Crippen molar-refractivity contribution in [3.63, 3.8) is 0 Å². The molecule has 196 valence electrons. The summed E-state index contributed by atoms with van der Waals surface area (Å²) in [6, 6.07) is 14.6. The lowest BCUT2D eigenvalue weighted by Gasteiger charge is -2.14. The summed E-state index contributed by atoms with van der Waals surface area (Å²) in [5, 5.41) is 15.1. The molecule has 0 saturated heterocycles. The number of ether oxygens (including phenoxy) is 2. The molecule has 2 aromatic heterocycles. The molecule has 5 rings (SSSR count). The largest absolute Gasteiger partial charge is 0.489 e. The van der Waals surface area contributed by atoms with E-state index in [4.69, 9.17) is 32.7 Å². The SMILES string of the molecule is O=[N+]([O-])c1ccc(-n2cnc(Cl)c2)c(OCCOCCNc2nc(Cl)nc3c2CCC3c2ccccc2)c1. The van der Waals surface area contributed by atoms with Crippen molar-refractivity contribution in [1.29, 1.82) is 0 Å². The van der Waals surface area contributed by atoms with Crippen molar-refractivity contribution < 1.29 is 14.4 Å². The standard InChI is InChI=1S/C26H24Cl2N6O4/c27-23-15-33(16-30-23)21-9-6-18(34(35)36)14-22(21)38-13-12-37-11-10-29-25-20-8-7-19(17-4-2-1-3-5-17)24(20)31-26(28)32-25/h1-6,9,14-16,19H,7-8,10-13H2,(H,29,31,32). The summed E-state index contributed by atoms with van der Waals surface area (Å²) in [4.78, 5) is 23.7. The number of nitro groups is 1. The Labute approximate surface area is 228 Å². The van der Waals surface area contributed by atoms with Gasteiger partial charge in [0, 0.05) is 30.3 Å². The predicted octanol–water partition coefficient (Wildman–Crippen LogP) is 5.46. The first-order valence-corrected chi connectivity index (χ1v) is 12.8. The Morgan fingerprint density at radius 1 is 1.11 bits per heavy atom. The van der Waals surface area contributed by atoms with Crippen molar-refractivity contribution in [1.82, 2.24) is 19.5 Å². The number of anilines is 1. The molecule has 0 bridgehead atoms. The lowest BCUT2D eigenvalue weighted by atomic mass is 9.97. The van der Waals surface area contributed by atoms with E-state index in [9.17, 15) is 10.1 Å². The first-order chi connectivity index (χ1) is 18.5. The molecule has 0 amide bonds. The van der Waals surface area contributed by atoms with Crippen LogP contribution < -0.4 is 10.1 Å². The summed E-state index contributed by atoms with van der Waals surface area (Å²) in [6.45, 7) is 1.41. The average molecular weight is 555 g/mol. The average Bonchev–Trinajstić information content (AvgIpc) is 3.54. The molecule has 1 N–H and O–H groups in total. The fourth-order valence-corrected chi connectivity index (χ4v) is 4.84. The van der Waals surface area contributed by atoms with Gasteiger partial charge < -0.3 is 19.4 Å². The number of hydrogen-bond donors (Lipinski definition) is 1. The van der Waals surface area contributed by atoms with Crippen LogP contribution in [0.1, 0.15) is 29.2 Å². The maximum absolute atomic E-state index is 11.2. The number of non-ortho nitro benzene ring substituents is 1. The minimum atomic E-state index is -0.474. The Kier molecular flexibility index (Phi) is 8.02. The van der Waals surface area contributed by atoms with E-state index in [1.54, 1.807) is 16.8 Å². The number of hydrogen-bond acceptors (Lipinski definition) is 8. The number of imidazole rings is 1. The molecule has 0 aliphatic heterocycles. The van der Waals surface area contributed by atoms with E-state index in [1.807, 2.05) is 18.2 Å². The maximum Gasteiger partial charge on any atom is 0.273 e. The summed E-state index contributed by atoms with van der Waals surface area (Å²) in [5.74, 6) is 1.27. The van der Waals surface area contributed by atoms with Crippen LogP contribution in [0.5, 0.6) is 5.75 Å². The fraction of sp³-hybridized carbons (Fsp3) is 0.269. The molecule has 0 radical (unpaired) electrons. The molecule has 1 atom stereocenters. The van der Waals surface area contributed by atoms with Gasteiger partial charge in [-0.25, -0.2) is 15.0 Å². The van der Waals surface area contributed by atoms with Crippen LogP contribution >= 0.6 is 23.2 Å². The highest BCUT2D eigenvalue weighted by atomic mass is 35.5. The van der Waals surface area contributed by atoms with Gasteiger partial charge in [0.25, 0.3) is 5.69 Å². The van der Waals surface area contributed by atoms with Gasteiger partial charge in [0.2, 0.25) is 5.28 Å². The van der Waals surface area contributed by atoms with Crippen LogP contribution in [0.4, 0.5) is 11.5 Å². The lowest BCUT2D eigenvalue weighted by Crippen LogP contribution is -2.16. The molecule has 2 aromatic carbocycles. The maximum atomic E-state index is 11.2. The summed E-state index contributed by atoms with van der Waals surface area (Å²) < 4.78 is 13.2. The van der Waals surface area contributed by atoms with Crippen LogP contribution in [-0.2, 0) is 11.2 Å². The zero-order chi connectivity index (χ0) is 26.5. The number of aromatic nitrogens is 4. The van der Waals surface area contributed by atoms with Gasteiger partial charge in [-0.2, -0.15) is 0 Å². The van der Waals surface area contributed by atoms with Crippen molar-refractivity contribution in [2.75, 3.05) is 31.7 Å². The predicted molar refractivity (Wildman–Crippen MR) is 144 cm³/mol. The van der Waals surface area contributed by atoms with Crippen molar-refractivity contribution in [3.05, 3.63) is 98.4 Å². The van der Waals surface area contributed by atoms with E-state index in [2.05, 4.69) is 32.4 Å². The molecule has 1 unspecified atom stereocenters. The van der Waals surface area contributed by atoms with Crippen LogP contribution in [-0.4, -0.2) is 50.8 Å². The Morgan fingerprint density at radius 3 is 2.71 bits per heavy atom. The highest BCUT2D eigenvalue weighted by molar-refractivity contribution is 6.29. The third-order valence-corrected chi connectivity index (χ3v) is 6.60. The van der Waals surface area contributed by atoms with E-state index in [0.717, 1.165) is 29.9 Å². The molecule has 0 fully saturated rings. The summed E-state index contributed by atoms with van der Waals surface area (Å²) in [5.41, 5.74) is 3.79. The molecular formula is C26H24Cl2N6O4. The van der Waals surface area contributed by atoms with Gasteiger partial charge in [-0.1, -0.05) is 41.9 Å². The summed E-state index contributed by atoms with van der Waals surface area (Å²) in [7, 11) is 0. The monoisotopic (exact) mass is 554 g/mol. The highest BCUT2D eigenvalue weighted by Crippen LogP contribution is 2.40. The molecule has 1 aliphatic rings. The first kappa shape index (κ1) is 25.9. The number of nitrogens with one attached hydrogen (secondary N) is 1. The van der Waals surface area contributed by atoms with Gasteiger partial charge in [-0.3, -0.25) is 10.1 Å². The van der Waals surface area contributed by atoms with Gasteiger partial charge >= 0.3 is 0 Å². The molecule has 38 heavy (non-hydrogen) atoms. The molecule has 0 spiro atoms. The van der Waals surface area contributed by atoms with E-state index in [0.29, 0.717) is 29.7 Å². The second-order valence-electron chi connectivity index (χ2n) is 8.61. The molecule has 10 nitrogen and oxygen atoms in total. The third kappa shape index (κ3) is 5.88. The number of fused-ring (bicyclic) bond motifs is 1. The molecule has 1 aliphatic carbocycles. The van der Waals surface area contributed by atoms with Crippen LogP contribution in [0, 0.1) is 10.1 Å². The minimum Gasteiger partial charge on any atom is -0.489 e. The minimum absolute atomic E-state index is 0.0781. The Hall–Kier alpha value is -3.73. The zero-order valence-electron chi connectivity index (χ0n) is 20.2. The number of nitrogens with zero attached hydrogens (tertiary/aromatic N) is 5. The van der Waals surface area contributed by atoms with Crippen molar-refractivity contribution in [2.24, 2.45) is 0 Å². The van der Waals surface area contributed by atoms with E-state index < -0.39 is 4.92 Å². The molecule has 12 heteroatoms. The van der Waals surface area contributed by atoms with Crippen LogP contribution in [0.3, 0.4) is 0 Å². The van der Waals surface area contributed by atoms with Crippen LogP contribution in [0.2, 0.25) is 10.4 Å². The lowest BCUT2D eigenvalue weighted by molar-refractivity contribution is -0.384. The van der Waals surface area contributed by atoms with E-state index in [-0.39, 0.29) is 30.1 Å². The van der Waals surface area contributed by atoms with E-state index >= 15 is 0 Å². The smallest absolute Gasteiger partial charge is 0.273 e. The van der Waals surface area contributed by atoms with E-state index in [1.165, 1.54) is 24.0 Å². The summed E-state index contributed by atoms with van der Waals surface area (Å²) >= 11 is 12.2. The number of benzene rings is 2. The molecule has 4 aromatic rings. The van der Waals surface area contributed by atoms with Crippen molar-refractivity contribution >= 4 is 34.7 Å². The second-order valence-corrected chi connectivity index (χ2v) is 9.33. The molecular weight excluding hydrogens is 531 g/mol.